The average Bonchev–Trinajstić information content (AvgIpc) is 3.11. The summed E-state index contributed by atoms with van der Waals surface area (Å²) in [5, 5.41) is 7.67. The van der Waals surface area contributed by atoms with Gasteiger partial charge < -0.3 is 15.1 Å². The first-order valence-corrected chi connectivity index (χ1v) is 6.55. The van der Waals surface area contributed by atoms with E-state index in [-0.39, 0.29) is 24.1 Å². The largest absolute Gasteiger partial charge is 0.424 e. The number of hydrogen-bond acceptors (Lipinski definition) is 7. The number of H-pyrrole nitrogens is 1. The van der Waals surface area contributed by atoms with Crippen molar-refractivity contribution < 1.29 is 9.21 Å². The number of nitrogens with zero attached hydrogens (tertiary/aromatic N) is 4. The van der Waals surface area contributed by atoms with Crippen molar-refractivity contribution in [3.63, 3.8) is 0 Å². The van der Waals surface area contributed by atoms with Crippen LogP contribution in [0.1, 0.15) is 41.8 Å². The number of aromatic amines is 1. The summed E-state index contributed by atoms with van der Waals surface area (Å²) in [6.45, 7) is 1.75. The minimum absolute atomic E-state index is 0.131. The molecule has 0 aliphatic carbocycles. The van der Waals surface area contributed by atoms with Gasteiger partial charge in [0.05, 0.1) is 11.6 Å². The number of aryl methyl sites for hydroxylation is 1. The lowest BCUT2D eigenvalue weighted by atomic mass is 10.2. The number of Topliss-reactive ketones (excluding diaryl/α,β-unsaturated/α-hetero) is 1. The molecular formula is C13H14N6O2. The van der Waals surface area contributed by atoms with Gasteiger partial charge in [-0.1, -0.05) is 0 Å². The van der Waals surface area contributed by atoms with Gasteiger partial charge in [-0.25, -0.2) is 9.97 Å². The van der Waals surface area contributed by atoms with Crippen molar-refractivity contribution in [2.45, 2.75) is 25.8 Å². The Morgan fingerprint density at radius 1 is 1.48 bits per heavy atom. The Kier molecular flexibility index (Phi) is 3.44. The van der Waals surface area contributed by atoms with E-state index in [1.165, 1.54) is 0 Å². The summed E-state index contributed by atoms with van der Waals surface area (Å²) in [5.74, 6) is 0.916. The molecule has 0 fully saturated rings. The number of carbonyl (C=O) groups excluding carboxylic acids is 1. The molecule has 0 aliphatic rings. The Morgan fingerprint density at radius 3 is 3.05 bits per heavy atom. The molecule has 3 aromatic heterocycles. The van der Waals surface area contributed by atoms with Crippen LogP contribution in [0.2, 0.25) is 0 Å². The molecule has 0 amide bonds. The third-order valence-electron chi connectivity index (χ3n) is 2.96. The molecule has 8 heteroatoms. The standard InChI is InChI=1S/C13H14N6O2/c1-7(14)13-19-18-10(21-13)5-4-9(20)12-16-8-3-2-6-15-11(8)17-12/h2-3,6-7H,4-5,14H2,1H3,(H,15,16,17). The average molecular weight is 286 g/mol. The van der Waals surface area contributed by atoms with Gasteiger partial charge in [-0.15, -0.1) is 10.2 Å². The summed E-state index contributed by atoms with van der Waals surface area (Å²) < 4.78 is 5.35. The smallest absolute Gasteiger partial charge is 0.232 e. The van der Waals surface area contributed by atoms with Crippen LogP contribution in [-0.4, -0.2) is 30.9 Å². The summed E-state index contributed by atoms with van der Waals surface area (Å²) in [7, 11) is 0. The van der Waals surface area contributed by atoms with Crippen molar-refractivity contribution in [3.8, 4) is 0 Å². The Bertz CT molecular complexity index is 743. The second kappa shape index (κ2) is 5.41. The Labute approximate surface area is 119 Å². The van der Waals surface area contributed by atoms with E-state index in [2.05, 4.69) is 25.1 Å². The monoisotopic (exact) mass is 286 g/mol. The van der Waals surface area contributed by atoms with Crippen molar-refractivity contribution in [2.75, 3.05) is 0 Å². The van der Waals surface area contributed by atoms with Crippen molar-refractivity contribution in [2.24, 2.45) is 5.73 Å². The summed E-state index contributed by atoms with van der Waals surface area (Å²) in [5.41, 5.74) is 6.89. The Morgan fingerprint density at radius 2 is 2.33 bits per heavy atom. The molecule has 1 atom stereocenters. The first-order valence-electron chi connectivity index (χ1n) is 6.55. The normalized spacial score (nSPS) is 12.7. The van der Waals surface area contributed by atoms with E-state index in [0.29, 0.717) is 23.8 Å². The third kappa shape index (κ3) is 2.79. The fourth-order valence-corrected chi connectivity index (χ4v) is 1.87. The quantitative estimate of drug-likeness (QED) is 0.675. The molecular weight excluding hydrogens is 272 g/mol. The number of pyridine rings is 1. The van der Waals surface area contributed by atoms with Gasteiger partial charge in [0.1, 0.15) is 0 Å². The number of nitrogens with one attached hydrogen (secondary N) is 1. The molecule has 0 aromatic carbocycles. The minimum atomic E-state index is -0.316. The first-order chi connectivity index (χ1) is 10.1. The van der Waals surface area contributed by atoms with Gasteiger partial charge in [-0.05, 0) is 19.1 Å². The van der Waals surface area contributed by atoms with Crippen LogP contribution in [-0.2, 0) is 6.42 Å². The molecule has 0 radical (unpaired) electrons. The van der Waals surface area contributed by atoms with Gasteiger partial charge >= 0.3 is 0 Å². The lowest BCUT2D eigenvalue weighted by molar-refractivity contribution is 0.0971. The summed E-state index contributed by atoms with van der Waals surface area (Å²) in [6.07, 6.45) is 2.20. The van der Waals surface area contributed by atoms with Crippen molar-refractivity contribution >= 4 is 16.9 Å². The molecule has 0 saturated heterocycles. The molecule has 108 valence electrons. The predicted molar refractivity (Wildman–Crippen MR) is 73.4 cm³/mol. The van der Waals surface area contributed by atoms with Crippen LogP contribution in [0.25, 0.3) is 11.2 Å². The zero-order valence-corrected chi connectivity index (χ0v) is 11.4. The van der Waals surface area contributed by atoms with E-state index in [4.69, 9.17) is 10.2 Å². The topological polar surface area (TPSA) is 124 Å². The van der Waals surface area contributed by atoms with E-state index in [9.17, 15) is 4.79 Å². The maximum atomic E-state index is 12.1. The van der Waals surface area contributed by atoms with E-state index in [1.54, 1.807) is 19.2 Å². The number of ketones is 1. The fourth-order valence-electron chi connectivity index (χ4n) is 1.87. The van der Waals surface area contributed by atoms with Crippen LogP contribution in [0.15, 0.2) is 22.7 Å². The SMILES string of the molecule is CC(N)c1nnc(CCC(=O)c2nc3ncccc3[nH]2)o1. The highest BCUT2D eigenvalue weighted by Gasteiger charge is 2.15. The molecule has 0 bridgehead atoms. The highest BCUT2D eigenvalue weighted by Crippen LogP contribution is 2.12. The lowest BCUT2D eigenvalue weighted by Crippen LogP contribution is -2.05. The molecule has 8 nitrogen and oxygen atoms in total. The zero-order valence-electron chi connectivity index (χ0n) is 11.4. The number of nitrogens with two attached hydrogens (primary N) is 1. The van der Waals surface area contributed by atoms with Crippen LogP contribution in [0.3, 0.4) is 0 Å². The maximum Gasteiger partial charge on any atom is 0.232 e. The van der Waals surface area contributed by atoms with E-state index in [0.717, 1.165) is 5.52 Å². The molecule has 3 N–H and O–H groups in total. The molecule has 21 heavy (non-hydrogen) atoms. The number of fused-ring (bicyclic) bond motifs is 1. The molecule has 3 rings (SSSR count). The number of hydrogen-bond donors (Lipinski definition) is 2. The lowest BCUT2D eigenvalue weighted by Gasteiger charge is -1.96. The molecule has 0 spiro atoms. The van der Waals surface area contributed by atoms with Crippen LogP contribution >= 0.6 is 0 Å². The van der Waals surface area contributed by atoms with Crippen molar-refractivity contribution in [1.29, 1.82) is 0 Å². The second-order valence-corrected chi connectivity index (χ2v) is 4.71. The molecule has 0 aliphatic heterocycles. The minimum Gasteiger partial charge on any atom is -0.424 e. The van der Waals surface area contributed by atoms with Crippen LogP contribution in [0.5, 0.6) is 0 Å². The molecule has 3 heterocycles. The summed E-state index contributed by atoms with van der Waals surface area (Å²) in [6, 6.07) is 3.28. The van der Waals surface area contributed by atoms with Gasteiger partial charge in [0.2, 0.25) is 11.8 Å². The van der Waals surface area contributed by atoms with Gasteiger partial charge in [0.25, 0.3) is 0 Å². The second-order valence-electron chi connectivity index (χ2n) is 4.71. The molecule has 0 saturated carbocycles. The van der Waals surface area contributed by atoms with Gasteiger partial charge in [-0.3, -0.25) is 4.79 Å². The molecule has 1 unspecified atom stereocenters. The highest BCUT2D eigenvalue weighted by atomic mass is 16.4. The van der Waals surface area contributed by atoms with E-state index in [1.807, 2.05) is 6.07 Å². The highest BCUT2D eigenvalue weighted by molar-refractivity contribution is 5.95. The molecule has 3 aromatic rings. The van der Waals surface area contributed by atoms with Gasteiger partial charge in [0.15, 0.2) is 17.3 Å². The maximum absolute atomic E-state index is 12.1. The number of rotatable bonds is 5. The van der Waals surface area contributed by atoms with Crippen LogP contribution in [0, 0.1) is 0 Å². The number of carbonyl (C=O) groups is 1. The third-order valence-corrected chi connectivity index (χ3v) is 2.96. The van der Waals surface area contributed by atoms with Crippen LogP contribution in [0.4, 0.5) is 0 Å². The number of imidazole rings is 1. The van der Waals surface area contributed by atoms with Crippen LogP contribution < -0.4 is 5.73 Å². The fraction of sp³-hybridized carbons (Fsp3) is 0.308. The summed E-state index contributed by atoms with van der Waals surface area (Å²) in [4.78, 5) is 23.3. The van der Waals surface area contributed by atoms with Gasteiger partial charge in [0, 0.05) is 19.0 Å². The number of aromatic nitrogens is 5. The zero-order chi connectivity index (χ0) is 14.8. The van der Waals surface area contributed by atoms with Crippen molar-refractivity contribution in [1.82, 2.24) is 25.1 Å². The predicted octanol–water partition coefficient (Wildman–Crippen LogP) is 1.18. The van der Waals surface area contributed by atoms with Crippen molar-refractivity contribution in [3.05, 3.63) is 35.9 Å². The Balaban J connectivity index is 1.68. The van der Waals surface area contributed by atoms with E-state index >= 15 is 0 Å². The first kappa shape index (κ1) is 13.4. The van der Waals surface area contributed by atoms with E-state index < -0.39 is 0 Å². The van der Waals surface area contributed by atoms with Gasteiger partial charge in [-0.2, -0.15) is 0 Å². The summed E-state index contributed by atoms with van der Waals surface area (Å²) >= 11 is 0. The Hall–Kier alpha value is -2.61.